The van der Waals surface area contributed by atoms with E-state index in [1.54, 1.807) is 6.08 Å². The molecule has 0 fully saturated rings. The molecule has 0 aliphatic heterocycles. The molecule has 0 saturated heterocycles. The zero-order chi connectivity index (χ0) is 17.9. The number of rotatable bonds is 9. The van der Waals surface area contributed by atoms with E-state index >= 15 is 0 Å². The van der Waals surface area contributed by atoms with Crippen molar-refractivity contribution in [2.75, 3.05) is 26.7 Å². The van der Waals surface area contributed by atoms with Crippen molar-refractivity contribution in [3.63, 3.8) is 0 Å². The van der Waals surface area contributed by atoms with Crippen molar-refractivity contribution in [2.45, 2.75) is 20.4 Å². The number of nitrogens with one attached hydrogen (secondary N) is 2. The fourth-order valence-corrected chi connectivity index (χ4v) is 1.97. The van der Waals surface area contributed by atoms with E-state index in [9.17, 15) is 9.59 Å². The van der Waals surface area contributed by atoms with Gasteiger partial charge in [0.25, 0.3) is 0 Å². The van der Waals surface area contributed by atoms with Crippen LogP contribution < -0.4 is 15.4 Å². The Labute approximate surface area is 143 Å². The number of hydrogen-bond donors (Lipinski definition) is 2. The van der Waals surface area contributed by atoms with Crippen molar-refractivity contribution in [1.29, 1.82) is 0 Å². The van der Waals surface area contributed by atoms with Gasteiger partial charge in [0.15, 0.2) is 0 Å². The SMILES string of the molecule is C=CCOc1ccc(CN(C)CC(=O)NC(=O)NCC(C)C)cc1. The van der Waals surface area contributed by atoms with E-state index < -0.39 is 6.03 Å². The fraction of sp³-hybridized carbons (Fsp3) is 0.444. The minimum atomic E-state index is -0.453. The Morgan fingerprint density at radius 2 is 1.96 bits per heavy atom. The zero-order valence-electron chi connectivity index (χ0n) is 14.7. The highest BCUT2D eigenvalue weighted by molar-refractivity contribution is 5.95. The van der Waals surface area contributed by atoms with Crippen LogP contribution in [0.5, 0.6) is 5.75 Å². The van der Waals surface area contributed by atoms with Gasteiger partial charge in [-0.1, -0.05) is 38.6 Å². The van der Waals surface area contributed by atoms with Gasteiger partial charge in [-0.3, -0.25) is 15.0 Å². The summed E-state index contributed by atoms with van der Waals surface area (Å²) in [5.74, 6) is 0.789. The topological polar surface area (TPSA) is 70.7 Å². The number of urea groups is 1. The second-order valence-electron chi connectivity index (χ2n) is 6.07. The second kappa shape index (κ2) is 10.4. The molecule has 1 rings (SSSR count). The van der Waals surface area contributed by atoms with Gasteiger partial charge in [0.2, 0.25) is 5.91 Å². The molecule has 6 heteroatoms. The molecule has 0 spiro atoms. The Morgan fingerprint density at radius 1 is 1.29 bits per heavy atom. The first-order chi connectivity index (χ1) is 11.4. The third-order valence-electron chi connectivity index (χ3n) is 3.08. The van der Waals surface area contributed by atoms with Gasteiger partial charge in [-0.05, 0) is 30.7 Å². The number of likely N-dealkylation sites (N-methyl/N-ethyl adjacent to an activating group) is 1. The number of nitrogens with zero attached hydrogens (tertiary/aromatic N) is 1. The quantitative estimate of drug-likeness (QED) is 0.680. The highest BCUT2D eigenvalue weighted by atomic mass is 16.5. The van der Waals surface area contributed by atoms with Crippen LogP contribution in [-0.2, 0) is 11.3 Å². The average molecular weight is 333 g/mol. The van der Waals surface area contributed by atoms with Gasteiger partial charge in [0, 0.05) is 13.1 Å². The van der Waals surface area contributed by atoms with Gasteiger partial charge in [-0.25, -0.2) is 4.79 Å². The third kappa shape index (κ3) is 8.33. The maximum absolute atomic E-state index is 11.8. The first-order valence-electron chi connectivity index (χ1n) is 7.99. The molecule has 6 nitrogen and oxygen atoms in total. The fourth-order valence-electron chi connectivity index (χ4n) is 1.97. The molecule has 24 heavy (non-hydrogen) atoms. The van der Waals surface area contributed by atoms with E-state index in [0.29, 0.717) is 25.6 Å². The normalized spacial score (nSPS) is 10.5. The molecule has 132 valence electrons. The van der Waals surface area contributed by atoms with Gasteiger partial charge in [0.1, 0.15) is 12.4 Å². The number of hydrogen-bond acceptors (Lipinski definition) is 4. The molecule has 0 bridgehead atoms. The molecule has 0 aliphatic carbocycles. The van der Waals surface area contributed by atoms with Crippen LogP contribution in [0.4, 0.5) is 4.79 Å². The summed E-state index contributed by atoms with van der Waals surface area (Å²) in [6.07, 6.45) is 1.69. The minimum absolute atomic E-state index is 0.143. The van der Waals surface area contributed by atoms with Gasteiger partial charge >= 0.3 is 6.03 Å². The molecule has 3 amide bonds. The summed E-state index contributed by atoms with van der Waals surface area (Å²) >= 11 is 0. The Morgan fingerprint density at radius 3 is 2.54 bits per heavy atom. The van der Waals surface area contributed by atoms with Gasteiger partial charge in [-0.15, -0.1) is 0 Å². The van der Waals surface area contributed by atoms with E-state index in [1.807, 2.05) is 50.1 Å². The molecular weight excluding hydrogens is 306 g/mol. The van der Waals surface area contributed by atoms with Crippen molar-refractivity contribution < 1.29 is 14.3 Å². The second-order valence-corrected chi connectivity index (χ2v) is 6.07. The van der Waals surface area contributed by atoms with E-state index in [-0.39, 0.29) is 12.5 Å². The van der Waals surface area contributed by atoms with Crippen LogP contribution >= 0.6 is 0 Å². The first-order valence-corrected chi connectivity index (χ1v) is 7.99. The van der Waals surface area contributed by atoms with Crippen LogP contribution in [0.25, 0.3) is 0 Å². The standard InChI is InChI=1S/C18H27N3O3/c1-5-10-24-16-8-6-15(7-9-16)12-21(4)13-17(22)20-18(23)19-11-14(2)3/h5-9,14H,1,10-13H2,2-4H3,(H2,19,20,22,23). The molecule has 0 atom stereocenters. The molecule has 0 saturated carbocycles. The van der Waals surface area contributed by atoms with Gasteiger partial charge < -0.3 is 10.1 Å². The van der Waals surface area contributed by atoms with Crippen molar-refractivity contribution in [2.24, 2.45) is 5.92 Å². The molecule has 0 radical (unpaired) electrons. The maximum atomic E-state index is 11.8. The predicted molar refractivity (Wildman–Crippen MR) is 94.8 cm³/mol. The van der Waals surface area contributed by atoms with Crippen LogP contribution in [-0.4, -0.2) is 43.6 Å². The summed E-state index contributed by atoms with van der Waals surface area (Å²) in [6.45, 7) is 9.33. The highest BCUT2D eigenvalue weighted by Gasteiger charge is 2.11. The molecule has 2 N–H and O–H groups in total. The Kier molecular flexibility index (Phi) is 8.57. The first kappa shape index (κ1) is 19.7. The summed E-state index contributed by atoms with van der Waals surface area (Å²) < 4.78 is 5.42. The van der Waals surface area contributed by atoms with E-state index in [4.69, 9.17) is 4.74 Å². The van der Waals surface area contributed by atoms with Gasteiger partial charge in [0.05, 0.1) is 6.54 Å². The maximum Gasteiger partial charge on any atom is 0.321 e. The van der Waals surface area contributed by atoms with Crippen LogP contribution in [0.1, 0.15) is 19.4 Å². The number of carbonyl (C=O) groups excluding carboxylic acids is 2. The largest absolute Gasteiger partial charge is 0.490 e. The number of ether oxygens (including phenoxy) is 1. The van der Waals surface area contributed by atoms with E-state index in [0.717, 1.165) is 11.3 Å². The van der Waals surface area contributed by atoms with Crippen molar-refractivity contribution in [3.8, 4) is 5.75 Å². The number of carbonyl (C=O) groups is 2. The summed E-state index contributed by atoms with van der Waals surface area (Å²) in [7, 11) is 1.83. The third-order valence-corrected chi connectivity index (χ3v) is 3.08. The van der Waals surface area contributed by atoms with Gasteiger partial charge in [-0.2, -0.15) is 0 Å². The Balaban J connectivity index is 2.36. The van der Waals surface area contributed by atoms with E-state index in [1.165, 1.54) is 0 Å². The van der Waals surface area contributed by atoms with Crippen molar-refractivity contribution in [1.82, 2.24) is 15.5 Å². The lowest BCUT2D eigenvalue weighted by molar-refractivity contribution is -0.120. The zero-order valence-corrected chi connectivity index (χ0v) is 14.7. The highest BCUT2D eigenvalue weighted by Crippen LogP contribution is 2.13. The lowest BCUT2D eigenvalue weighted by atomic mass is 10.2. The lowest BCUT2D eigenvalue weighted by Crippen LogP contribution is -2.44. The molecule has 0 heterocycles. The number of amides is 3. The Hall–Kier alpha value is -2.34. The number of benzene rings is 1. The molecule has 0 unspecified atom stereocenters. The predicted octanol–water partition coefficient (Wildman–Crippen LogP) is 2.17. The lowest BCUT2D eigenvalue weighted by Gasteiger charge is -2.16. The van der Waals surface area contributed by atoms with Crippen molar-refractivity contribution in [3.05, 3.63) is 42.5 Å². The molecule has 1 aromatic rings. The smallest absolute Gasteiger partial charge is 0.321 e. The minimum Gasteiger partial charge on any atom is -0.490 e. The molecule has 0 aromatic heterocycles. The number of imide groups is 1. The monoisotopic (exact) mass is 333 g/mol. The summed E-state index contributed by atoms with van der Waals surface area (Å²) in [5, 5.41) is 4.97. The van der Waals surface area contributed by atoms with Crippen LogP contribution in [0.3, 0.4) is 0 Å². The molecule has 1 aromatic carbocycles. The van der Waals surface area contributed by atoms with Crippen LogP contribution in [0.15, 0.2) is 36.9 Å². The summed E-state index contributed by atoms with van der Waals surface area (Å²) in [4.78, 5) is 25.2. The molecular formula is C18H27N3O3. The van der Waals surface area contributed by atoms with Crippen molar-refractivity contribution >= 4 is 11.9 Å². The van der Waals surface area contributed by atoms with E-state index in [2.05, 4.69) is 17.2 Å². The summed E-state index contributed by atoms with van der Waals surface area (Å²) in [6, 6.07) is 7.20. The molecule has 0 aliphatic rings. The van der Waals surface area contributed by atoms with Crippen LogP contribution in [0, 0.1) is 5.92 Å². The van der Waals surface area contributed by atoms with Crippen LogP contribution in [0.2, 0.25) is 0 Å². The summed E-state index contributed by atoms with van der Waals surface area (Å²) in [5.41, 5.74) is 1.06. The Bertz CT molecular complexity index is 541. The average Bonchev–Trinajstić information content (AvgIpc) is 2.52.